The van der Waals surface area contributed by atoms with Crippen LogP contribution in [0.1, 0.15) is 26.3 Å². The molecule has 0 bridgehead atoms. The Morgan fingerprint density at radius 1 is 1.25 bits per heavy atom. The van der Waals surface area contributed by atoms with E-state index in [0.29, 0.717) is 17.2 Å². The van der Waals surface area contributed by atoms with Crippen molar-refractivity contribution >= 4 is 17.6 Å². The molecular formula is C15H22N2O3. The number of hydrogen-bond acceptors (Lipinski definition) is 4. The van der Waals surface area contributed by atoms with E-state index in [1.807, 2.05) is 20.8 Å². The number of anilines is 1. The third-order valence-electron chi connectivity index (χ3n) is 3.14. The van der Waals surface area contributed by atoms with Gasteiger partial charge in [0.2, 0.25) is 0 Å². The molecule has 1 rings (SSSR count). The monoisotopic (exact) mass is 278 g/mol. The summed E-state index contributed by atoms with van der Waals surface area (Å²) in [5.41, 5.74) is 6.98. The number of nitrogen functional groups attached to an aromatic ring is 1. The number of carbonyl (C=O) groups is 2. The normalized spacial score (nSPS) is 12.0. The van der Waals surface area contributed by atoms with E-state index >= 15 is 0 Å². The van der Waals surface area contributed by atoms with Crippen LogP contribution in [0.3, 0.4) is 0 Å². The van der Waals surface area contributed by atoms with Crippen molar-refractivity contribution in [2.75, 3.05) is 12.3 Å². The number of hydrogen-bond donors (Lipinski definition) is 2. The average Bonchev–Trinajstić information content (AvgIpc) is 2.39. The lowest BCUT2D eigenvalue weighted by Crippen LogP contribution is -2.38. The summed E-state index contributed by atoms with van der Waals surface area (Å²) in [6.45, 7) is 5.67. The molecule has 5 heteroatoms. The van der Waals surface area contributed by atoms with E-state index in [4.69, 9.17) is 10.5 Å². The molecule has 0 aromatic heterocycles. The molecular weight excluding hydrogens is 256 g/mol. The Morgan fingerprint density at radius 2 is 1.90 bits per heavy atom. The number of amides is 1. The topological polar surface area (TPSA) is 81.4 Å². The smallest absolute Gasteiger partial charge is 0.310 e. The summed E-state index contributed by atoms with van der Waals surface area (Å²) in [6, 6.07) is 7.13. The molecule has 1 atom stereocenters. The third kappa shape index (κ3) is 5.30. The first-order valence-electron chi connectivity index (χ1n) is 6.68. The van der Waals surface area contributed by atoms with E-state index in [1.165, 1.54) is 0 Å². The van der Waals surface area contributed by atoms with Crippen molar-refractivity contribution in [3.05, 3.63) is 29.8 Å². The Hall–Kier alpha value is -2.04. The van der Waals surface area contributed by atoms with Gasteiger partial charge in [-0.3, -0.25) is 9.59 Å². The minimum Gasteiger partial charge on any atom is -0.455 e. The minimum absolute atomic E-state index is 0.0472. The Bertz CT molecular complexity index is 472. The van der Waals surface area contributed by atoms with Crippen LogP contribution in [-0.2, 0) is 20.7 Å². The second-order valence-electron chi connectivity index (χ2n) is 5.14. The van der Waals surface area contributed by atoms with Gasteiger partial charge >= 0.3 is 5.97 Å². The molecule has 0 radical (unpaired) electrons. The number of carbonyl (C=O) groups excluding carboxylic acids is 2. The lowest BCUT2D eigenvalue weighted by molar-refractivity contribution is -0.148. The van der Waals surface area contributed by atoms with Crippen molar-refractivity contribution in [3.63, 3.8) is 0 Å². The number of ether oxygens (including phenoxy) is 1. The highest BCUT2D eigenvalue weighted by molar-refractivity contribution is 5.81. The molecule has 0 aliphatic carbocycles. The molecule has 0 spiro atoms. The van der Waals surface area contributed by atoms with E-state index in [-0.39, 0.29) is 25.0 Å². The van der Waals surface area contributed by atoms with Gasteiger partial charge in [0.15, 0.2) is 6.61 Å². The van der Waals surface area contributed by atoms with Gasteiger partial charge in [-0.2, -0.15) is 0 Å². The van der Waals surface area contributed by atoms with Gasteiger partial charge in [-0.05, 0) is 24.5 Å². The maximum absolute atomic E-state index is 11.6. The Kier molecular flexibility index (Phi) is 6.03. The van der Waals surface area contributed by atoms with Gasteiger partial charge in [-0.1, -0.05) is 32.0 Å². The second kappa shape index (κ2) is 7.53. The van der Waals surface area contributed by atoms with E-state index < -0.39 is 5.97 Å². The summed E-state index contributed by atoms with van der Waals surface area (Å²) in [7, 11) is 0. The maximum Gasteiger partial charge on any atom is 0.310 e. The van der Waals surface area contributed by atoms with Crippen molar-refractivity contribution in [2.45, 2.75) is 33.2 Å². The standard InChI is InChI=1S/C15H22N2O3/c1-10(2)11(3)17-14(18)9-20-15(19)8-12-6-4-5-7-13(12)16/h4-7,10-11H,8-9,16H2,1-3H3,(H,17,18). The van der Waals surface area contributed by atoms with Crippen molar-refractivity contribution in [2.24, 2.45) is 5.92 Å². The van der Waals surface area contributed by atoms with Gasteiger partial charge in [-0.15, -0.1) is 0 Å². The van der Waals surface area contributed by atoms with Crippen LogP contribution in [0.2, 0.25) is 0 Å². The maximum atomic E-state index is 11.6. The fraction of sp³-hybridized carbons (Fsp3) is 0.467. The highest BCUT2D eigenvalue weighted by atomic mass is 16.5. The minimum atomic E-state index is -0.463. The molecule has 3 N–H and O–H groups in total. The van der Waals surface area contributed by atoms with Crippen LogP contribution in [-0.4, -0.2) is 24.5 Å². The van der Waals surface area contributed by atoms with Crippen molar-refractivity contribution in [1.29, 1.82) is 0 Å². The molecule has 0 fully saturated rings. The number of esters is 1. The van der Waals surface area contributed by atoms with E-state index in [9.17, 15) is 9.59 Å². The molecule has 0 heterocycles. The quantitative estimate of drug-likeness (QED) is 0.610. The Labute approximate surface area is 119 Å². The lowest BCUT2D eigenvalue weighted by atomic mass is 10.1. The number of benzene rings is 1. The van der Waals surface area contributed by atoms with Crippen LogP contribution in [0, 0.1) is 5.92 Å². The number of rotatable bonds is 6. The molecule has 20 heavy (non-hydrogen) atoms. The van der Waals surface area contributed by atoms with E-state index in [0.717, 1.165) is 0 Å². The zero-order valence-electron chi connectivity index (χ0n) is 12.2. The molecule has 0 saturated carbocycles. The zero-order chi connectivity index (χ0) is 15.1. The number of para-hydroxylation sites is 1. The fourth-order valence-corrected chi connectivity index (χ4v) is 1.51. The average molecular weight is 278 g/mol. The summed E-state index contributed by atoms with van der Waals surface area (Å²) in [5.74, 6) is -0.422. The lowest BCUT2D eigenvalue weighted by Gasteiger charge is -2.17. The first-order valence-corrected chi connectivity index (χ1v) is 6.68. The molecule has 0 aliphatic heterocycles. The molecule has 5 nitrogen and oxygen atoms in total. The largest absolute Gasteiger partial charge is 0.455 e. The van der Waals surface area contributed by atoms with Gasteiger partial charge in [0.25, 0.3) is 5.91 Å². The Morgan fingerprint density at radius 3 is 2.50 bits per heavy atom. The summed E-state index contributed by atoms with van der Waals surface area (Å²) >= 11 is 0. The Balaban J connectivity index is 2.37. The highest BCUT2D eigenvalue weighted by Crippen LogP contribution is 2.11. The highest BCUT2D eigenvalue weighted by Gasteiger charge is 2.13. The van der Waals surface area contributed by atoms with Gasteiger partial charge in [0, 0.05) is 11.7 Å². The zero-order valence-corrected chi connectivity index (χ0v) is 12.2. The van der Waals surface area contributed by atoms with Crippen molar-refractivity contribution < 1.29 is 14.3 Å². The van der Waals surface area contributed by atoms with Crippen LogP contribution >= 0.6 is 0 Å². The van der Waals surface area contributed by atoms with Crippen LogP contribution in [0.4, 0.5) is 5.69 Å². The van der Waals surface area contributed by atoms with Crippen LogP contribution in [0.15, 0.2) is 24.3 Å². The second-order valence-corrected chi connectivity index (χ2v) is 5.14. The van der Waals surface area contributed by atoms with Crippen molar-refractivity contribution in [3.8, 4) is 0 Å². The third-order valence-corrected chi connectivity index (χ3v) is 3.14. The SMILES string of the molecule is CC(C)C(C)NC(=O)COC(=O)Cc1ccccc1N. The van der Waals surface area contributed by atoms with E-state index in [1.54, 1.807) is 24.3 Å². The molecule has 0 aliphatic rings. The first-order chi connectivity index (χ1) is 9.40. The first kappa shape index (κ1) is 16.0. The van der Waals surface area contributed by atoms with Gasteiger partial charge in [0.1, 0.15) is 0 Å². The molecule has 1 amide bonds. The van der Waals surface area contributed by atoms with Crippen LogP contribution in [0.25, 0.3) is 0 Å². The summed E-state index contributed by atoms with van der Waals surface area (Å²) in [4.78, 5) is 23.2. The molecule has 1 aromatic rings. The fourth-order valence-electron chi connectivity index (χ4n) is 1.51. The van der Waals surface area contributed by atoms with Gasteiger partial charge < -0.3 is 15.8 Å². The number of nitrogens with two attached hydrogens (primary N) is 1. The van der Waals surface area contributed by atoms with Crippen LogP contribution in [0.5, 0.6) is 0 Å². The summed E-state index contributed by atoms with van der Waals surface area (Å²) < 4.78 is 4.94. The summed E-state index contributed by atoms with van der Waals surface area (Å²) in [5, 5.41) is 2.77. The van der Waals surface area contributed by atoms with Crippen LogP contribution < -0.4 is 11.1 Å². The van der Waals surface area contributed by atoms with Gasteiger partial charge in [-0.25, -0.2) is 0 Å². The number of nitrogens with one attached hydrogen (secondary N) is 1. The predicted octanol–water partition coefficient (Wildman–Crippen LogP) is 1.52. The predicted molar refractivity (Wildman–Crippen MR) is 78.0 cm³/mol. The summed E-state index contributed by atoms with van der Waals surface area (Å²) in [6.07, 6.45) is 0.0691. The molecule has 1 aromatic carbocycles. The molecule has 110 valence electrons. The van der Waals surface area contributed by atoms with E-state index in [2.05, 4.69) is 5.32 Å². The molecule has 1 unspecified atom stereocenters. The van der Waals surface area contributed by atoms with Gasteiger partial charge in [0.05, 0.1) is 6.42 Å². The van der Waals surface area contributed by atoms with Crippen molar-refractivity contribution in [1.82, 2.24) is 5.32 Å². The molecule has 0 saturated heterocycles.